The van der Waals surface area contributed by atoms with E-state index in [1.54, 1.807) is 17.9 Å². The summed E-state index contributed by atoms with van der Waals surface area (Å²) in [7, 11) is 1.80. The highest BCUT2D eigenvalue weighted by Gasteiger charge is 2.27. The van der Waals surface area contributed by atoms with Crippen molar-refractivity contribution in [3.8, 4) is 5.95 Å². The Bertz CT molecular complexity index is 488. The molecule has 0 amide bonds. The van der Waals surface area contributed by atoms with Crippen LogP contribution in [0.1, 0.15) is 24.6 Å². The molecule has 0 unspecified atom stereocenters. The Kier molecular flexibility index (Phi) is 2.05. The third-order valence-corrected chi connectivity index (χ3v) is 2.52. The lowest BCUT2D eigenvalue weighted by molar-refractivity contribution is 0.768. The average molecular weight is 216 g/mol. The molecule has 0 aliphatic heterocycles. The Morgan fingerprint density at radius 3 is 2.81 bits per heavy atom. The van der Waals surface area contributed by atoms with Crippen molar-refractivity contribution in [2.75, 3.05) is 12.4 Å². The van der Waals surface area contributed by atoms with Crippen molar-refractivity contribution in [2.45, 2.75) is 18.8 Å². The minimum Gasteiger partial charge on any atom is -0.357 e. The number of hydrogen-bond donors (Lipinski definition) is 1. The highest BCUT2D eigenvalue weighted by molar-refractivity contribution is 5.29. The fourth-order valence-electron chi connectivity index (χ4n) is 1.51. The first-order valence-corrected chi connectivity index (χ1v) is 5.30. The van der Waals surface area contributed by atoms with Crippen LogP contribution in [0.5, 0.6) is 0 Å². The fourth-order valence-corrected chi connectivity index (χ4v) is 1.51. The standard InChI is InChI=1S/C10H12N6/c1-11-9-13-8(7-3-4-7)14-10(15-9)16-6-2-5-12-16/h2,5-7H,3-4H2,1H3,(H,11,13,14,15). The summed E-state index contributed by atoms with van der Waals surface area (Å²) in [6, 6.07) is 1.85. The molecule has 0 saturated heterocycles. The number of nitrogens with zero attached hydrogens (tertiary/aromatic N) is 5. The lowest BCUT2D eigenvalue weighted by atomic mass is 10.4. The molecule has 2 aromatic heterocycles. The molecule has 3 rings (SSSR count). The van der Waals surface area contributed by atoms with E-state index in [-0.39, 0.29) is 0 Å². The Morgan fingerprint density at radius 1 is 1.31 bits per heavy atom. The topological polar surface area (TPSA) is 68.5 Å². The summed E-state index contributed by atoms with van der Waals surface area (Å²) in [5.74, 6) is 2.54. The van der Waals surface area contributed by atoms with Gasteiger partial charge in [-0.2, -0.15) is 20.1 Å². The summed E-state index contributed by atoms with van der Waals surface area (Å²) >= 11 is 0. The third-order valence-electron chi connectivity index (χ3n) is 2.52. The predicted octanol–water partition coefficient (Wildman–Crippen LogP) is 0.976. The summed E-state index contributed by atoms with van der Waals surface area (Å²) in [6.07, 6.45) is 5.88. The second kappa shape index (κ2) is 3.55. The van der Waals surface area contributed by atoms with E-state index in [9.17, 15) is 0 Å². The van der Waals surface area contributed by atoms with Crippen molar-refractivity contribution in [1.29, 1.82) is 0 Å². The summed E-state index contributed by atoms with van der Waals surface area (Å²) in [5.41, 5.74) is 0. The van der Waals surface area contributed by atoms with Crippen LogP contribution in [0.2, 0.25) is 0 Å². The van der Waals surface area contributed by atoms with Gasteiger partial charge in [0, 0.05) is 25.4 Å². The van der Waals surface area contributed by atoms with Crippen molar-refractivity contribution in [3.05, 3.63) is 24.3 Å². The van der Waals surface area contributed by atoms with Crippen LogP contribution in [0, 0.1) is 0 Å². The number of aromatic nitrogens is 5. The highest BCUT2D eigenvalue weighted by Crippen LogP contribution is 2.38. The van der Waals surface area contributed by atoms with Crippen LogP contribution in [-0.4, -0.2) is 31.8 Å². The maximum atomic E-state index is 4.42. The van der Waals surface area contributed by atoms with Gasteiger partial charge in [0.05, 0.1) is 0 Å². The Morgan fingerprint density at radius 2 is 2.19 bits per heavy atom. The molecule has 2 heterocycles. The van der Waals surface area contributed by atoms with Crippen LogP contribution in [-0.2, 0) is 0 Å². The zero-order valence-corrected chi connectivity index (χ0v) is 8.96. The molecule has 16 heavy (non-hydrogen) atoms. The van der Waals surface area contributed by atoms with Crippen molar-refractivity contribution >= 4 is 5.95 Å². The summed E-state index contributed by atoms with van der Waals surface area (Å²) in [5, 5.41) is 7.07. The van der Waals surface area contributed by atoms with Gasteiger partial charge in [-0.3, -0.25) is 0 Å². The van der Waals surface area contributed by atoms with Gasteiger partial charge >= 0.3 is 0 Å². The normalized spacial score (nSPS) is 15.1. The van der Waals surface area contributed by atoms with E-state index in [4.69, 9.17) is 0 Å². The molecule has 1 aliphatic carbocycles. The lowest BCUT2D eigenvalue weighted by Gasteiger charge is -2.05. The number of hydrogen-bond acceptors (Lipinski definition) is 5. The van der Waals surface area contributed by atoms with Crippen molar-refractivity contribution < 1.29 is 0 Å². The predicted molar refractivity (Wildman–Crippen MR) is 58.5 cm³/mol. The van der Waals surface area contributed by atoms with Crippen LogP contribution < -0.4 is 5.32 Å². The van der Waals surface area contributed by atoms with Crippen LogP contribution >= 0.6 is 0 Å². The molecule has 1 N–H and O–H groups in total. The molecule has 0 spiro atoms. The number of anilines is 1. The number of nitrogens with one attached hydrogen (secondary N) is 1. The first-order chi connectivity index (χ1) is 7.86. The van der Waals surface area contributed by atoms with Crippen LogP contribution in [0.3, 0.4) is 0 Å². The van der Waals surface area contributed by atoms with Crippen molar-refractivity contribution in [2.24, 2.45) is 0 Å². The Hall–Kier alpha value is -1.98. The number of rotatable bonds is 3. The first kappa shape index (κ1) is 9.26. The zero-order valence-electron chi connectivity index (χ0n) is 8.96. The molecule has 2 aromatic rings. The quantitative estimate of drug-likeness (QED) is 0.828. The van der Waals surface area contributed by atoms with Gasteiger partial charge in [0.25, 0.3) is 5.95 Å². The van der Waals surface area contributed by atoms with E-state index in [0.717, 1.165) is 5.82 Å². The molecule has 1 aliphatic rings. The van der Waals surface area contributed by atoms with Gasteiger partial charge in [-0.25, -0.2) is 4.68 Å². The van der Waals surface area contributed by atoms with Gasteiger partial charge in [-0.05, 0) is 18.9 Å². The van der Waals surface area contributed by atoms with Crippen molar-refractivity contribution in [3.63, 3.8) is 0 Å². The van der Waals surface area contributed by atoms with E-state index < -0.39 is 0 Å². The van der Waals surface area contributed by atoms with E-state index in [2.05, 4.69) is 25.4 Å². The van der Waals surface area contributed by atoms with E-state index in [1.165, 1.54) is 12.8 Å². The molecular formula is C10H12N6. The van der Waals surface area contributed by atoms with Gasteiger partial charge in [0.1, 0.15) is 5.82 Å². The van der Waals surface area contributed by atoms with E-state index in [0.29, 0.717) is 17.8 Å². The average Bonchev–Trinajstić information content (AvgIpc) is 3.04. The van der Waals surface area contributed by atoms with Gasteiger partial charge in [-0.15, -0.1) is 0 Å². The maximum Gasteiger partial charge on any atom is 0.255 e. The molecule has 0 bridgehead atoms. The second-order valence-corrected chi connectivity index (χ2v) is 3.79. The van der Waals surface area contributed by atoms with Gasteiger partial charge in [-0.1, -0.05) is 0 Å². The third kappa shape index (κ3) is 1.62. The minimum absolute atomic E-state index is 0.504. The molecule has 6 nitrogen and oxygen atoms in total. The molecule has 6 heteroatoms. The van der Waals surface area contributed by atoms with Gasteiger partial charge in [0.15, 0.2) is 0 Å². The summed E-state index contributed by atoms with van der Waals surface area (Å²) in [4.78, 5) is 13.0. The molecule has 0 atom stereocenters. The van der Waals surface area contributed by atoms with Gasteiger partial charge < -0.3 is 5.32 Å². The Labute approximate surface area is 92.8 Å². The van der Waals surface area contributed by atoms with E-state index >= 15 is 0 Å². The minimum atomic E-state index is 0.504. The molecule has 0 aromatic carbocycles. The van der Waals surface area contributed by atoms with Crippen molar-refractivity contribution in [1.82, 2.24) is 24.7 Å². The Balaban J connectivity index is 2.06. The van der Waals surface area contributed by atoms with Crippen LogP contribution in [0.4, 0.5) is 5.95 Å². The van der Waals surface area contributed by atoms with Crippen LogP contribution in [0.15, 0.2) is 18.5 Å². The highest BCUT2D eigenvalue weighted by atomic mass is 15.4. The maximum absolute atomic E-state index is 4.42. The molecule has 1 fully saturated rings. The summed E-state index contributed by atoms with van der Waals surface area (Å²) < 4.78 is 1.65. The molecule has 0 radical (unpaired) electrons. The first-order valence-electron chi connectivity index (χ1n) is 5.30. The van der Waals surface area contributed by atoms with Gasteiger partial charge in [0.2, 0.25) is 5.95 Å². The fraction of sp³-hybridized carbons (Fsp3) is 0.400. The zero-order chi connectivity index (χ0) is 11.0. The van der Waals surface area contributed by atoms with E-state index in [1.807, 2.05) is 12.3 Å². The lowest BCUT2D eigenvalue weighted by Crippen LogP contribution is -2.09. The second-order valence-electron chi connectivity index (χ2n) is 3.79. The largest absolute Gasteiger partial charge is 0.357 e. The van der Waals surface area contributed by atoms with Crippen LogP contribution in [0.25, 0.3) is 5.95 Å². The smallest absolute Gasteiger partial charge is 0.255 e. The molecular weight excluding hydrogens is 204 g/mol. The molecule has 1 saturated carbocycles. The monoisotopic (exact) mass is 216 g/mol. The SMILES string of the molecule is CNc1nc(C2CC2)nc(-n2cccn2)n1. The molecule has 82 valence electrons. The summed E-state index contributed by atoms with van der Waals surface area (Å²) in [6.45, 7) is 0.